The van der Waals surface area contributed by atoms with Crippen molar-refractivity contribution in [3.63, 3.8) is 0 Å². The molecule has 130 valence electrons. The highest BCUT2D eigenvalue weighted by Gasteiger charge is 2.20. The first-order valence-corrected chi connectivity index (χ1v) is 8.62. The summed E-state index contributed by atoms with van der Waals surface area (Å²) in [5, 5.41) is 8.43. The van der Waals surface area contributed by atoms with Gasteiger partial charge < -0.3 is 9.42 Å². The molecule has 1 aliphatic heterocycles. The van der Waals surface area contributed by atoms with Gasteiger partial charge in [-0.05, 0) is 23.7 Å². The zero-order valence-electron chi connectivity index (χ0n) is 14.4. The average molecular weight is 338 g/mol. The molecule has 7 nitrogen and oxygen atoms in total. The van der Waals surface area contributed by atoms with Gasteiger partial charge in [0.2, 0.25) is 0 Å². The third kappa shape index (κ3) is 3.71. The maximum atomic E-state index is 5.44. The summed E-state index contributed by atoms with van der Waals surface area (Å²) in [4.78, 5) is 9.24. The van der Waals surface area contributed by atoms with Crippen molar-refractivity contribution in [2.45, 2.75) is 13.0 Å². The van der Waals surface area contributed by atoms with Gasteiger partial charge in [0.05, 0.1) is 6.20 Å². The smallest absolute Gasteiger partial charge is 0.266 e. The lowest BCUT2D eigenvalue weighted by atomic mass is 10.2. The highest BCUT2D eigenvalue weighted by Crippen LogP contribution is 2.21. The van der Waals surface area contributed by atoms with Crippen LogP contribution in [0.1, 0.15) is 12.0 Å². The Kier molecular flexibility index (Phi) is 4.47. The fourth-order valence-electron chi connectivity index (χ4n) is 3.18. The number of aromatic nitrogens is 4. The predicted molar refractivity (Wildman–Crippen MR) is 95.0 cm³/mol. The van der Waals surface area contributed by atoms with Gasteiger partial charge in [-0.2, -0.15) is 10.1 Å². The summed E-state index contributed by atoms with van der Waals surface area (Å²) in [7, 11) is 1.95. The van der Waals surface area contributed by atoms with Crippen LogP contribution in [-0.4, -0.2) is 51.0 Å². The van der Waals surface area contributed by atoms with E-state index in [-0.39, 0.29) is 0 Å². The van der Waals surface area contributed by atoms with Crippen LogP contribution < -0.4 is 4.90 Å². The molecule has 7 heteroatoms. The maximum Gasteiger partial charge on any atom is 0.266 e. The molecule has 1 aliphatic rings. The highest BCUT2D eigenvalue weighted by molar-refractivity contribution is 5.54. The molecule has 0 aliphatic carbocycles. The lowest BCUT2D eigenvalue weighted by Crippen LogP contribution is -2.31. The summed E-state index contributed by atoms with van der Waals surface area (Å²) < 4.78 is 7.29. The summed E-state index contributed by atoms with van der Waals surface area (Å²) >= 11 is 0. The molecule has 0 bridgehead atoms. The summed E-state index contributed by atoms with van der Waals surface area (Å²) in [6.45, 7) is 4.81. The topological polar surface area (TPSA) is 63.2 Å². The number of hydrogen-bond donors (Lipinski definition) is 0. The molecule has 3 heterocycles. The van der Waals surface area contributed by atoms with E-state index >= 15 is 0 Å². The first-order valence-electron chi connectivity index (χ1n) is 8.62. The molecular formula is C18H22N6O. The molecular weight excluding hydrogens is 316 g/mol. The normalized spacial score (nSPS) is 16.1. The molecule has 1 fully saturated rings. The van der Waals surface area contributed by atoms with E-state index in [1.807, 2.05) is 48.3 Å². The van der Waals surface area contributed by atoms with E-state index < -0.39 is 0 Å². The minimum Gasteiger partial charge on any atom is -0.337 e. The van der Waals surface area contributed by atoms with Crippen molar-refractivity contribution < 1.29 is 4.52 Å². The first kappa shape index (κ1) is 15.8. The zero-order chi connectivity index (χ0) is 17.1. The van der Waals surface area contributed by atoms with Crippen molar-refractivity contribution in [1.82, 2.24) is 24.8 Å². The van der Waals surface area contributed by atoms with Crippen molar-refractivity contribution in [2.24, 2.45) is 7.05 Å². The highest BCUT2D eigenvalue weighted by atomic mass is 16.5. The van der Waals surface area contributed by atoms with Crippen molar-refractivity contribution in [2.75, 3.05) is 31.1 Å². The van der Waals surface area contributed by atoms with Gasteiger partial charge in [-0.3, -0.25) is 9.58 Å². The van der Waals surface area contributed by atoms with Crippen LogP contribution in [0.15, 0.2) is 47.2 Å². The maximum absolute atomic E-state index is 5.44. The van der Waals surface area contributed by atoms with E-state index in [0.29, 0.717) is 11.8 Å². The van der Waals surface area contributed by atoms with Gasteiger partial charge in [0, 0.05) is 57.1 Å². The van der Waals surface area contributed by atoms with Crippen molar-refractivity contribution in [3.8, 4) is 11.5 Å². The molecule has 0 radical (unpaired) electrons. The molecule has 0 N–H and O–H groups in total. The molecule has 0 saturated carbocycles. The van der Waals surface area contributed by atoms with E-state index in [2.05, 4.69) is 31.2 Å². The Morgan fingerprint density at radius 2 is 1.96 bits per heavy atom. The van der Waals surface area contributed by atoms with Crippen LogP contribution in [0.3, 0.4) is 0 Å². The van der Waals surface area contributed by atoms with Gasteiger partial charge in [-0.1, -0.05) is 18.2 Å². The Morgan fingerprint density at radius 3 is 2.76 bits per heavy atom. The molecule has 0 amide bonds. The van der Waals surface area contributed by atoms with Crippen molar-refractivity contribution in [1.29, 1.82) is 0 Å². The predicted octanol–water partition coefficient (Wildman–Crippen LogP) is 2.18. The Hall–Kier alpha value is -2.67. The van der Waals surface area contributed by atoms with Crippen molar-refractivity contribution >= 4 is 5.95 Å². The molecule has 25 heavy (non-hydrogen) atoms. The van der Waals surface area contributed by atoms with Crippen molar-refractivity contribution in [3.05, 3.63) is 48.3 Å². The van der Waals surface area contributed by atoms with Crippen LogP contribution in [0, 0.1) is 0 Å². The number of anilines is 1. The van der Waals surface area contributed by atoms with Crippen LogP contribution in [0.2, 0.25) is 0 Å². The van der Waals surface area contributed by atoms with E-state index in [4.69, 9.17) is 4.52 Å². The number of rotatable bonds is 4. The molecule has 3 aromatic rings. The quantitative estimate of drug-likeness (QED) is 0.727. The molecule has 0 spiro atoms. The van der Waals surface area contributed by atoms with E-state index in [9.17, 15) is 0 Å². The van der Waals surface area contributed by atoms with Gasteiger partial charge in [0.25, 0.3) is 11.8 Å². The average Bonchev–Trinajstić information content (AvgIpc) is 3.21. The minimum absolute atomic E-state index is 0.576. The lowest BCUT2D eigenvalue weighted by Gasteiger charge is -2.20. The van der Waals surface area contributed by atoms with E-state index in [1.54, 1.807) is 0 Å². The van der Waals surface area contributed by atoms with Crippen LogP contribution in [-0.2, 0) is 13.6 Å². The van der Waals surface area contributed by atoms with Gasteiger partial charge >= 0.3 is 0 Å². The largest absolute Gasteiger partial charge is 0.337 e. The van der Waals surface area contributed by atoms with Gasteiger partial charge in [0.15, 0.2) is 0 Å². The molecule has 2 aromatic heterocycles. The summed E-state index contributed by atoms with van der Waals surface area (Å²) in [6.07, 6.45) is 5.09. The second-order valence-corrected chi connectivity index (χ2v) is 6.40. The Bertz CT molecular complexity index is 812. The Morgan fingerprint density at radius 1 is 1.08 bits per heavy atom. The molecule has 0 unspecified atom stereocenters. The van der Waals surface area contributed by atoms with Crippen LogP contribution >= 0.6 is 0 Å². The number of nitrogens with zero attached hydrogens (tertiary/aromatic N) is 6. The second-order valence-electron chi connectivity index (χ2n) is 6.40. The minimum atomic E-state index is 0.576. The standard InChI is InChI=1S/C18H22N6O/c1-22-13-15(12-19-22)14-23-8-5-9-24(11-10-23)18-20-17(25-21-18)16-6-3-2-4-7-16/h2-4,6-7,12-13H,5,8-11,14H2,1H3. The summed E-state index contributed by atoms with van der Waals surface area (Å²) in [5.74, 6) is 1.26. The monoisotopic (exact) mass is 338 g/mol. The third-order valence-electron chi connectivity index (χ3n) is 4.47. The molecule has 0 atom stereocenters. The third-order valence-corrected chi connectivity index (χ3v) is 4.47. The van der Waals surface area contributed by atoms with Gasteiger partial charge in [-0.25, -0.2) is 0 Å². The van der Waals surface area contributed by atoms with Crippen LogP contribution in [0.4, 0.5) is 5.95 Å². The Labute approximate surface area is 146 Å². The Balaban J connectivity index is 1.40. The van der Waals surface area contributed by atoms with Crippen LogP contribution in [0.25, 0.3) is 11.5 Å². The van der Waals surface area contributed by atoms with Crippen LogP contribution in [0.5, 0.6) is 0 Å². The number of aryl methyl sites for hydroxylation is 1. The lowest BCUT2D eigenvalue weighted by molar-refractivity contribution is 0.285. The van der Waals surface area contributed by atoms with Gasteiger partial charge in [0.1, 0.15) is 0 Å². The summed E-state index contributed by atoms with van der Waals surface area (Å²) in [5.41, 5.74) is 2.20. The zero-order valence-corrected chi connectivity index (χ0v) is 14.4. The second kappa shape index (κ2) is 7.06. The molecule has 1 aromatic carbocycles. The molecule has 4 rings (SSSR count). The molecule has 1 saturated heterocycles. The fourth-order valence-corrected chi connectivity index (χ4v) is 3.18. The SMILES string of the molecule is Cn1cc(CN2CCCN(c3noc(-c4ccccc4)n3)CC2)cn1. The van der Waals surface area contributed by atoms with E-state index in [1.165, 1.54) is 5.56 Å². The van der Waals surface area contributed by atoms with E-state index in [0.717, 1.165) is 44.7 Å². The number of hydrogen-bond acceptors (Lipinski definition) is 6. The number of benzene rings is 1. The summed E-state index contributed by atoms with van der Waals surface area (Å²) in [6, 6.07) is 9.89. The fraction of sp³-hybridized carbons (Fsp3) is 0.389. The van der Waals surface area contributed by atoms with Gasteiger partial charge in [-0.15, -0.1) is 0 Å². The first-order chi connectivity index (χ1) is 12.3.